The van der Waals surface area contributed by atoms with Crippen LogP contribution < -0.4 is 10.5 Å². The van der Waals surface area contributed by atoms with Gasteiger partial charge in [-0.2, -0.15) is 4.73 Å². The Labute approximate surface area is 77.6 Å². The van der Waals surface area contributed by atoms with Gasteiger partial charge in [0.25, 0.3) is 0 Å². The summed E-state index contributed by atoms with van der Waals surface area (Å²) < 4.78 is 0.735. The summed E-state index contributed by atoms with van der Waals surface area (Å²) in [6.07, 6.45) is 2.87. The minimum Gasteiger partial charge on any atom is -0.619 e. The Bertz CT molecular complexity index is 190. The maximum atomic E-state index is 10.4. The molecule has 11 heavy (non-hydrogen) atoms. The van der Waals surface area contributed by atoms with Crippen LogP contribution >= 0.6 is 24.8 Å². The highest BCUT2D eigenvalue weighted by atomic mass is 35.5. The molecule has 0 aliphatic rings. The van der Waals surface area contributed by atoms with E-state index in [1.54, 1.807) is 12.1 Å². The molecule has 0 aromatic carbocycles. The Balaban J connectivity index is 0. The van der Waals surface area contributed by atoms with Crippen LogP contribution in [-0.2, 0) is 6.54 Å². The topological polar surface area (TPSA) is 53.0 Å². The van der Waals surface area contributed by atoms with Crippen molar-refractivity contribution in [3.05, 3.63) is 35.3 Å². The average molecular weight is 197 g/mol. The molecule has 0 amide bonds. The van der Waals surface area contributed by atoms with Gasteiger partial charge in [0, 0.05) is 18.7 Å². The molecule has 64 valence electrons. The largest absolute Gasteiger partial charge is 0.619 e. The molecule has 1 heterocycles. The molecule has 5 heteroatoms. The van der Waals surface area contributed by atoms with Gasteiger partial charge in [-0.15, -0.1) is 24.8 Å². The van der Waals surface area contributed by atoms with Crippen LogP contribution in [0.3, 0.4) is 0 Å². The zero-order chi connectivity index (χ0) is 6.69. The van der Waals surface area contributed by atoms with Gasteiger partial charge in [0.1, 0.15) is 0 Å². The molecule has 0 saturated heterocycles. The smallest absolute Gasteiger partial charge is 0.180 e. The second-order valence-corrected chi connectivity index (χ2v) is 1.77. The Morgan fingerprint density at radius 2 is 1.73 bits per heavy atom. The maximum Gasteiger partial charge on any atom is 0.180 e. The van der Waals surface area contributed by atoms with Gasteiger partial charge in [-0.05, 0) is 5.56 Å². The van der Waals surface area contributed by atoms with Crippen LogP contribution in [-0.4, -0.2) is 0 Å². The summed E-state index contributed by atoms with van der Waals surface area (Å²) in [4.78, 5) is 0. The molecule has 0 bridgehead atoms. The van der Waals surface area contributed by atoms with Crippen LogP contribution in [0, 0.1) is 5.21 Å². The van der Waals surface area contributed by atoms with E-state index < -0.39 is 0 Å². The molecule has 1 aromatic heterocycles. The number of nitrogens with zero attached hydrogens (tertiary/aromatic N) is 1. The lowest BCUT2D eigenvalue weighted by Gasteiger charge is -1.94. The van der Waals surface area contributed by atoms with Crippen molar-refractivity contribution in [1.29, 1.82) is 0 Å². The predicted molar refractivity (Wildman–Crippen MR) is 47.8 cm³/mol. The number of rotatable bonds is 1. The quantitative estimate of drug-likeness (QED) is 0.530. The molecule has 3 nitrogen and oxygen atoms in total. The summed E-state index contributed by atoms with van der Waals surface area (Å²) in [6, 6.07) is 3.40. The third-order valence-corrected chi connectivity index (χ3v) is 1.11. The van der Waals surface area contributed by atoms with Gasteiger partial charge in [0.2, 0.25) is 0 Å². The van der Waals surface area contributed by atoms with E-state index in [2.05, 4.69) is 0 Å². The first kappa shape index (κ1) is 13.1. The SMILES string of the molecule is Cl.Cl.NCc1cc[n+]([O-])cc1. The van der Waals surface area contributed by atoms with Crippen molar-refractivity contribution in [3.63, 3.8) is 0 Å². The summed E-state index contributed by atoms with van der Waals surface area (Å²) in [7, 11) is 0. The van der Waals surface area contributed by atoms with E-state index in [4.69, 9.17) is 5.73 Å². The molecule has 0 atom stereocenters. The van der Waals surface area contributed by atoms with Gasteiger partial charge >= 0.3 is 0 Å². The monoisotopic (exact) mass is 196 g/mol. The lowest BCUT2D eigenvalue weighted by molar-refractivity contribution is -0.605. The Morgan fingerprint density at radius 3 is 2.09 bits per heavy atom. The standard InChI is InChI=1S/C6H8N2O.2ClH/c7-5-6-1-3-8(9)4-2-6;;/h1-4H,5,7H2;2*1H. The third kappa shape index (κ3) is 4.03. The van der Waals surface area contributed by atoms with E-state index >= 15 is 0 Å². The number of hydrogen-bond donors (Lipinski definition) is 1. The molecule has 0 fully saturated rings. The van der Waals surface area contributed by atoms with Crippen molar-refractivity contribution in [2.45, 2.75) is 6.54 Å². The molecule has 0 radical (unpaired) electrons. The Hall–Kier alpha value is -0.510. The highest BCUT2D eigenvalue weighted by Crippen LogP contribution is 1.90. The maximum absolute atomic E-state index is 10.4. The van der Waals surface area contributed by atoms with Gasteiger partial charge in [-0.1, -0.05) is 0 Å². The summed E-state index contributed by atoms with van der Waals surface area (Å²) in [6.45, 7) is 0.487. The zero-order valence-electron chi connectivity index (χ0n) is 5.77. The molecule has 0 unspecified atom stereocenters. The normalized spacial score (nSPS) is 7.73. The average Bonchev–Trinajstić information content (AvgIpc) is 1.90. The molecule has 0 spiro atoms. The van der Waals surface area contributed by atoms with Crippen LogP contribution in [0.25, 0.3) is 0 Å². The Morgan fingerprint density at radius 1 is 1.27 bits per heavy atom. The van der Waals surface area contributed by atoms with E-state index in [0.717, 1.165) is 10.3 Å². The molecule has 0 aliphatic heterocycles. The van der Waals surface area contributed by atoms with Crippen LogP contribution in [0.4, 0.5) is 0 Å². The summed E-state index contributed by atoms with van der Waals surface area (Å²) in [5.74, 6) is 0. The predicted octanol–water partition coefficient (Wildman–Crippen LogP) is 0.622. The lowest BCUT2D eigenvalue weighted by atomic mass is 10.3. The van der Waals surface area contributed by atoms with Gasteiger partial charge < -0.3 is 10.9 Å². The van der Waals surface area contributed by atoms with Crippen LogP contribution in [0.2, 0.25) is 0 Å². The molecular weight excluding hydrogens is 187 g/mol. The van der Waals surface area contributed by atoms with Crippen molar-refractivity contribution in [2.75, 3.05) is 0 Å². The molecule has 2 N–H and O–H groups in total. The zero-order valence-corrected chi connectivity index (χ0v) is 7.40. The lowest BCUT2D eigenvalue weighted by Crippen LogP contribution is -2.23. The third-order valence-electron chi connectivity index (χ3n) is 1.11. The van der Waals surface area contributed by atoms with Crippen molar-refractivity contribution in [1.82, 2.24) is 0 Å². The fourth-order valence-electron chi connectivity index (χ4n) is 0.580. The number of hydrogen-bond acceptors (Lipinski definition) is 2. The Kier molecular flexibility index (Phi) is 7.41. The molecule has 0 saturated carbocycles. The van der Waals surface area contributed by atoms with Gasteiger partial charge in [0.15, 0.2) is 12.4 Å². The van der Waals surface area contributed by atoms with Crippen molar-refractivity contribution in [3.8, 4) is 0 Å². The second kappa shape index (κ2) is 6.22. The van der Waals surface area contributed by atoms with Gasteiger partial charge in [-0.3, -0.25) is 0 Å². The summed E-state index contributed by atoms with van der Waals surface area (Å²) in [5, 5.41) is 10.4. The summed E-state index contributed by atoms with van der Waals surface area (Å²) >= 11 is 0. The first-order valence-corrected chi connectivity index (χ1v) is 2.70. The minimum absolute atomic E-state index is 0. The molecule has 0 aliphatic carbocycles. The van der Waals surface area contributed by atoms with E-state index in [1.807, 2.05) is 0 Å². The van der Waals surface area contributed by atoms with Crippen LogP contribution in [0.5, 0.6) is 0 Å². The first-order chi connectivity index (χ1) is 4.33. The number of halogens is 2. The molecule has 1 aromatic rings. The number of aromatic nitrogens is 1. The highest BCUT2D eigenvalue weighted by molar-refractivity contribution is 5.85. The van der Waals surface area contributed by atoms with Crippen molar-refractivity contribution >= 4 is 24.8 Å². The number of pyridine rings is 1. The van der Waals surface area contributed by atoms with Crippen LogP contribution in [0.15, 0.2) is 24.5 Å². The van der Waals surface area contributed by atoms with Crippen molar-refractivity contribution in [2.24, 2.45) is 5.73 Å². The van der Waals surface area contributed by atoms with Crippen LogP contribution in [0.1, 0.15) is 5.56 Å². The highest BCUT2D eigenvalue weighted by Gasteiger charge is 1.88. The second-order valence-electron chi connectivity index (χ2n) is 1.77. The minimum atomic E-state index is 0. The summed E-state index contributed by atoms with van der Waals surface area (Å²) in [5.41, 5.74) is 6.26. The van der Waals surface area contributed by atoms with E-state index in [-0.39, 0.29) is 24.8 Å². The molecular formula is C6H10Cl2N2O. The van der Waals surface area contributed by atoms with Crippen molar-refractivity contribution < 1.29 is 4.73 Å². The fraction of sp³-hybridized carbons (Fsp3) is 0.167. The van der Waals surface area contributed by atoms with E-state index in [0.29, 0.717) is 6.54 Å². The van der Waals surface area contributed by atoms with E-state index in [1.165, 1.54) is 12.4 Å². The molecule has 1 rings (SSSR count). The van der Waals surface area contributed by atoms with E-state index in [9.17, 15) is 5.21 Å². The van der Waals surface area contributed by atoms with Gasteiger partial charge in [-0.25, -0.2) is 0 Å². The fourth-order valence-corrected chi connectivity index (χ4v) is 0.580. The number of nitrogens with two attached hydrogens (primary N) is 1. The van der Waals surface area contributed by atoms with Gasteiger partial charge in [0.05, 0.1) is 0 Å². The first-order valence-electron chi connectivity index (χ1n) is 2.70.